The van der Waals surface area contributed by atoms with E-state index in [1.54, 1.807) is 11.1 Å². The number of benzene rings is 2. The predicted molar refractivity (Wildman–Crippen MR) is 106 cm³/mol. The molecule has 0 amide bonds. The van der Waals surface area contributed by atoms with Crippen molar-refractivity contribution in [1.29, 1.82) is 0 Å². The van der Waals surface area contributed by atoms with E-state index in [1.165, 1.54) is 75.3 Å². The Morgan fingerprint density at radius 1 is 0.375 bits per heavy atom. The van der Waals surface area contributed by atoms with Crippen LogP contribution in [0.5, 0.6) is 0 Å². The third kappa shape index (κ3) is 4.84. The van der Waals surface area contributed by atoms with Crippen molar-refractivity contribution in [3.63, 3.8) is 0 Å². The molecule has 0 spiro atoms. The molecule has 3 rings (SSSR count). The maximum Gasteiger partial charge on any atom is -0.0222 e. The van der Waals surface area contributed by atoms with Crippen LogP contribution in [0.25, 0.3) is 11.1 Å². The van der Waals surface area contributed by atoms with Gasteiger partial charge in [0.2, 0.25) is 0 Å². The predicted octanol–water partition coefficient (Wildman–Crippen LogP) is 7.51. The van der Waals surface area contributed by atoms with Gasteiger partial charge in [0.05, 0.1) is 0 Å². The van der Waals surface area contributed by atoms with Crippen LogP contribution in [0.15, 0.2) is 60.7 Å². The van der Waals surface area contributed by atoms with Crippen LogP contribution in [-0.4, -0.2) is 0 Å². The summed E-state index contributed by atoms with van der Waals surface area (Å²) >= 11 is 0. The summed E-state index contributed by atoms with van der Waals surface area (Å²) in [7, 11) is 0. The zero-order valence-corrected chi connectivity index (χ0v) is 14.8. The van der Waals surface area contributed by atoms with E-state index in [0.29, 0.717) is 0 Å². The third-order valence-electron chi connectivity index (χ3n) is 5.21. The molecular formula is C24H30. The van der Waals surface area contributed by atoms with Crippen molar-refractivity contribution in [2.24, 2.45) is 0 Å². The summed E-state index contributed by atoms with van der Waals surface area (Å²) in [5, 5.41) is 0. The molecule has 0 heterocycles. The van der Waals surface area contributed by atoms with Gasteiger partial charge in [0.25, 0.3) is 0 Å². The van der Waals surface area contributed by atoms with Crippen LogP contribution in [0.1, 0.15) is 75.3 Å². The second-order valence-electron chi connectivity index (χ2n) is 7.02. The van der Waals surface area contributed by atoms with E-state index >= 15 is 0 Å². The van der Waals surface area contributed by atoms with E-state index in [1.807, 2.05) is 0 Å². The van der Waals surface area contributed by atoms with Gasteiger partial charge in [-0.05, 0) is 48.0 Å². The fourth-order valence-electron chi connectivity index (χ4n) is 3.88. The number of hydrogen-bond acceptors (Lipinski definition) is 0. The molecule has 0 nitrogen and oxygen atoms in total. The fraction of sp³-hybridized carbons (Fsp3) is 0.417. The highest BCUT2D eigenvalue weighted by Gasteiger charge is 2.12. The van der Waals surface area contributed by atoms with Crippen molar-refractivity contribution in [2.45, 2.75) is 64.2 Å². The quantitative estimate of drug-likeness (QED) is 0.537. The molecule has 24 heavy (non-hydrogen) atoms. The van der Waals surface area contributed by atoms with E-state index in [4.69, 9.17) is 0 Å². The number of allylic oxidation sites excluding steroid dienone is 2. The van der Waals surface area contributed by atoms with E-state index in [-0.39, 0.29) is 0 Å². The summed E-state index contributed by atoms with van der Waals surface area (Å²) in [6.07, 6.45) is 13.5. The Morgan fingerprint density at radius 3 is 1.08 bits per heavy atom. The van der Waals surface area contributed by atoms with Gasteiger partial charge in [-0.3, -0.25) is 0 Å². The van der Waals surface area contributed by atoms with Crippen LogP contribution >= 0.6 is 0 Å². The highest BCUT2D eigenvalue weighted by Crippen LogP contribution is 2.34. The van der Waals surface area contributed by atoms with Crippen molar-refractivity contribution in [3.8, 4) is 0 Å². The molecule has 0 atom stereocenters. The van der Waals surface area contributed by atoms with Crippen molar-refractivity contribution >= 4 is 11.1 Å². The molecule has 0 N–H and O–H groups in total. The van der Waals surface area contributed by atoms with Crippen LogP contribution in [0.3, 0.4) is 0 Å². The van der Waals surface area contributed by atoms with Crippen LogP contribution in [0, 0.1) is 0 Å². The van der Waals surface area contributed by atoms with Crippen LogP contribution in [-0.2, 0) is 0 Å². The maximum absolute atomic E-state index is 2.30. The molecular weight excluding hydrogens is 288 g/mol. The van der Waals surface area contributed by atoms with Gasteiger partial charge in [-0.25, -0.2) is 0 Å². The Balaban J connectivity index is 1.98. The maximum atomic E-state index is 2.30. The molecule has 0 bridgehead atoms. The van der Waals surface area contributed by atoms with Crippen molar-refractivity contribution in [2.75, 3.05) is 0 Å². The Labute approximate surface area is 147 Å². The number of rotatable bonds is 2. The molecule has 1 aliphatic rings. The van der Waals surface area contributed by atoms with Crippen molar-refractivity contribution in [3.05, 3.63) is 71.8 Å². The largest absolute Gasteiger partial charge is 0.0622 e. The van der Waals surface area contributed by atoms with E-state index in [2.05, 4.69) is 60.7 Å². The molecule has 2 aromatic rings. The Bertz CT molecular complexity index is 564. The highest BCUT2D eigenvalue weighted by molar-refractivity contribution is 5.90. The first-order chi connectivity index (χ1) is 11.9. The lowest BCUT2D eigenvalue weighted by Gasteiger charge is -2.18. The monoisotopic (exact) mass is 318 g/mol. The Morgan fingerprint density at radius 2 is 0.708 bits per heavy atom. The van der Waals surface area contributed by atoms with Gasteiger partial charge in [0.15, 0.2) is 0 Å². The second-order valence-corrected chi connectivity index (χ2v) is 7.02. The number of hydrogen-bond donors (Lipinski definition) is 0. The van der Waals surface area contributed by atoms with Gasteiger partial charge < -0.3 is 0 Å². The lowest BCUT2D eigenvalue weighted by Crippen LogP contribution is -1.96. The van der Waals surface area contributed by atoms with Crippen LogP contribution < -0.4 is 0 Å². The molecule has 0 aromatic heterocycles. The molecule has 0 saturated carbocycles. The molecule has 0 unspecified atom stereocenters. The van der Waals surface area contributed by atoms with Crippen LogP contribution in [0.4, 0.5) is 0 Å². The molecule has 1 aliphatic carbocycles. The molecule has 0 saturated heterocycles. The molecule has 0 fully saturated rings. The van der Waals surface area contributed by atoms with Crippen molar-refractivity contribution in [1.82, 2.24) is 0 Å². The molecule has 0 aliphatic heterocycles. The minimum Gasteiger partial charge on any atom is -0.0622 e. The van der Waals surface area contributed by atoms with E-state index in [0.717, 1.165) is 0 Å². The standard InChI is InChI=1S/C24H30/c1-2-4-6-14-20-24(22-17-11-8-12-18-22)23(19-13-5-3-1)21-15-9-7-10-16-21/h7-12,15-18H,1-6,13-14,19-20H2/b24-23+. The van der Waals surface area contributed by atoms with Crippen LogP contribution in [0.2, 0.25) is 0 Å². The first-order valence-corrected chi connectivity index (χ1v) is 9.78. The normalized spacial score (nSPS) is 20.8. The first-order valence-electron chi connectivity index (χ1n) is 9.78. The SMILES string of the molecule is c1ccc(/C2=C(/c3ccccc3)CCCCCCCCCC2)cc1. The van der Waals surface area contributed by atoms with Gasteiger partial charge in [-0.15, -0.1) is 0 Å². The topological polar surface area (TPSA) is 0 Å². The van der Waals surface area contributed by atoms with E-state index in [9.17, 15) is 0 Å². The molecule has 0 heteroatoms. The van der Waals surface area contributed by atoms with Gasteiger partial charge in [-0.2, -0.15) is 0 Å². The zero-order valence-electron chi connectivity index (χ0n) is 14.8. The highest BCUT2D eigenvalue weighted by atomic mass is 14.2. The van der Waals surface area contributed by atoms with Gasteiger partial charge in [-0.1, -0.05) is 99.2 Å². The van der Waals surface area contributed by atoms with E-state index < -0.39 is 0 Å². The molecule has 2 aromatic carbocycles. The van der Waals surface area contributed by atoms with Crippen molar-refractivity contribution < 1.29 is 0 Å². The summed E-state index contributed by atoms with van der Waals surface area (Å²) in [5.41, 5.74) is 6.02. The first kappa shape index (κ1) is 17.0. The van der Waals surface area contributed by atoms with Gasteiger partial charge in [0.1, 0.15) is 0 Å². The molecule has 126 valence electrons. The summed E-state index contributed by atoms with van der Waals surface area (Å²) in [6.45, 7) is 0. The molecule has 0 radical (unpaired) electrons. The Kier molecular flexibility index (Phi) is 6.71. The Hall–Kier alpha value is -1.82. The lowest BCUT2D eigenvalue weighted by molar-refractivity contribution is 0.570. The third-order valence-corrected chi connectivity index (χ3v) is 5.21. The summed E-state index contributed by atoms with van der Waals surface area (Å²) < 4.78 is 0. The fourth-order valence-corrected chi connectivity index (χ4v) is 3.88. The smallest absolute Gasteiger partial charge is 0.0222 e. The summed E-state index contributed by atoms with van der Waals surface area (Å²) in [5.74, 6) is 0. The summed E-state index contributed by atoms with van der Waals surface area (Å²) in [6, 6.07) is 22.2. The zero-order chi connectivity index (χ0) is 16.5. The average molecular weight is 319 g/mol. The minimum absolute atomic E-state index is 1.22. The average Bonchev–Trinajstić information content (AvgIpc) is 2.64. The minimum atomic E-state index is 1.22. The van der Waals surface area contributed by atoms with Gasteiger partial charge in [0, 0.05) is 0 Å². The lowest BCUT2D eigenvalue weighted by atomic mass is 9.87. The second kappa shape index (κ2) is 9.47. The summed E-state index contributed by atoms with van der Waals surface area (Å²) in [4.78, 5) is 0. The van der Waals surface area contributed by atoms with Gasteiger partial charge >= 0.3 is 0 Å².